The summed E-state index contributed by atoms with van der Waals surface area (Å²) in [4.78, 5) is 6.86. The molecule has 1 aliphatic heterocycles. The van der Waals surface area contributed by atoms with Gasteiger partial charge in [-0.15, -0.1) is 0 Å². The Balaban J connectivity index is 2.12. The van der Waals surface area contributed by atoms with Crippen molar-refractivity contribution in [3.05, 3.63) is 30.1 Å². The molecule has 2 rings (SSSR count). The molecule has 106 valence electrons. The Kier molecular flexibility index (Phi) is 4.58. The number of rotatable bonds is 4. The van der Waals surface area contributed by atoms with Gasteiger partial charge in [0.05, 0.1) is 0 Å². The minimum Gasteiger partial charge on any atom is -0.309 e. The maximum absolute atomic E-state index is 4.23. The molecular weight excluding hydrogens is 234 g/mol. The van der Waals surface area contributed by atoms with Gasteiger partial charge >= 0.3 is 0 Å². The van der Waals surface area contributed by atoms with Gasteiger partial charge in [-0.05, 0) is 30.9 Å². The Morgan fingerprint density at radius 3 is 2.89 bits per heavy atom. The van der Waals surface area contributed by atoms with Gasteiger partial charge in [-0.1, -0.05) is 26.8 Å². The van der Waals surface area contributed by atoms with E-state index in [0.29, 0.717) is 12.0 Å². The first-order valence-electron chi connectivity index (χ1n) is 7.42. The van der Waals surface area contributed by atoms with Crippen LogP contribution in [0.2, 0.25) is 0 Å². The van der Waals surface area contributed by atoms with E-state index >= 15 is 0 Å². The Morgan fingerprint density at radius 2 is 2.32 bits per heavy atom. The molecule has 0 bridgehead atoms. The predicted molar refractivity (Wildman–Crippen MR) is 80.0 cm³/mol. The summed E-state index contributed by atoms with van der Waals surface area (Å²) in [7, 11) is 0. The molecule has 0 amide bonds. The molecule has 19 heavy (non-hydrogen) atoms. The van der Waals surface area contributed by atoms with Crippen LogP contribution in [0.15, 0.2) is 24.5 Å². The topological polar surface area (TPSA) is 28.2 Å². The molecule has 3 heteroatoms. The molecule has 0 aromatic carbocycles. The van der Waals surface area contributed by atoms with Crippen LogP contribution in [0.25, 0.3) is 0 Å². The maximum Gasteiger partial charge on any atom is 0.0312 e. The smallest absolute Gasteiger partial charge is 0.0312 e. The van der Waals surface area contributed by atoms with Crippen molar-refractivity contribution in [3.8, 4) is 0 Å². The molecule has 1 N–H and O–H groups in total. The minimum absolute atomic E-state index is 0.244. The van der Waals surface area contributed by atoms with E-state index < -0.39 is 0 Å². The fraction of sp³-hybridized carbons (Fsp3) is 0.688. The highest BCUT2D eigenvalue weighted by Gasteiger charge is 2.35. The first-order valence-corrected chi connectivity index (χ1v) is 7.42. The molecule has 2 unspecified atom stereocenters. The van der Waals surface area contributed by atoms with E-state index in [1.807, 2.05) is 18.5 Å². The summed E-state index contributed by atoms with van der Waals surface area (Å²) in [6.45, 7) is 12.4. The third-order valence-corrected chi connectivity index (χ3v) is 4.42. The number of aromatic nitrogens is 1. The third-order valence-electron chi connectivity index (χ3n) is 4.42. The molecule has 2 atom stereocenters. The zero-order chi connectivity index (χ0) is 13.9. The number of nitrogens with one attached hydrogen (secondary N) is 1. The zero-order valence-electron chi connectivity index (χ0n) is 12.7. The van der Waals surface area contributed by atoms with Gasteiger partial charge in [-0.3, -0.25) is 9.88 Å². The summed E-state index contributed by atoms with van der Waals surface area (Å²) in [5, 5.41) is 3.74. The number of pyridine rings is 1. The van der Waals surface area contributed by atoms with E-state index in [4.69, 9.17) is 0 Å². The van der Waals surface area contributed by atoms with Crippen LogP contribution in [0.3, 0.4) is 0 Å². The zero-order valence-corrected chi connectivity index (χ0v) is 12.7. The molecule has 1 fully saturated rings. The molecule has 0 aliphatic carbocycles. The molecule has 0 radical (unpaired) electrons. The first-order chi connectivity index (χ1) is 9.04. The Labute approximate surface area is 117 Å². The summed E-state index contributed by atoms with van der Waals surface area (Å²) in [5.74, 6) is 0.672. The second-order valence-electron chi connectivity index (χ2n) is 6.37. The van der Waals surface area contributed by atoms with E-state index in [-0.39, 0.29) is 5.54 Å². The van der Waals surface area contributed by atoms with E-state index in [2.05, 4.69) is 49.0 Å². The van der Waals surface area contributed by atoms with Crippen LogP contribution in [-0.4, -0.2) is 34.6 Å². The van der Waals surface area contributed by atoms with Crippen LogP contribution in [0.4, 0.5) is 0 Å². The highest BCUT2D eigenvalue weighted by atomic mass is 15.3. The van der Waals surface area contributed by atoms with Gasteiger partial charge < -0.3 is 5.32 Å². The fourth-order valence-corrected chi connectivity index (χ4v) is 2.89. The van der Waals surface area contributed by atoms with Crippen LogP contribution in [-0.2, 0) is 6.54 Å². The van der Waals surface area contributed by atoms with Gasteiger partial charge in [-0.25, -0.2) is 0 Å². The van der Waals surface area contributed by atoms with Gasteiger partial charge in [0.25, 0.3) is 0 Å². The molecular formula is C16H27N3. The quantitative estimate of drug-likeness (QED) is 0.903. The SMILES string of the molecule is CCC1(C)CN(Cc2cccnc2)C(C(C)C)CN1. The molecule has 0 spiro atoms. The summed E-state index contributed by atoms with van der Waals surface area (Å²) in [5.41, 5.74) is 1.56. The van der Waals surface area contributed by atoms with Crippen molar-refractivity contribution in [2.45, 2.75) is 52.2 Å². The molecule has 0 saturated carbocycles. The van der Waals surface area contributed by atoms with Crippen molar-refractivity contribution in [1.82, 2.24) is 15.2 Å². The van der Waals surface area contributed by atoms with Gasteiger partial charge in [0, 0.05) is 43.6 Å². The van der Waals surface area contributed by atoms with Crippen LogP contribution < -0.4 is 5.32 Å². The van der Waals surface area contributed by atoms with Crippen LogP contribution in [0.5, 0.6) is 0 Å². The molecule has 1 aromatic heterocycles. The van der Waals surface area contributed by atoms with Crippen molar-refractivity contribution in [1.29, 1.82) is 0 Å². The number of piperazine rings is 1. The number of hydrogen-bond acceptors (Lipinski definition) is 3. The Bertz CT molecular complexity index is 390. The molecule has 2 heterocycles. The second kappa shape index (κ2) is 6.02. The lowest BCUT2D eigenvalue weighted by Crippen LogP contribution is -2.63. The van der Waals surface area contributed by atoms with E-state index in [1.165, 1.54) is 12.0 Å². The highest BCUT2D eigenvalue weighted by Crippen LogP contribution is 2.24. The minimum atomic E-state index is 0.244. The van der Waals surface area contributed by atoms with Gasteiger partial charge in [0.15, 0.2) is 0 Å². The van der Waals surface area contributed by atoms with Gasteiger partial charge in [-0.2, -0.15) is 0 Å². The number of nitrogens with zero attached hydrogens (tertiary/aromatic N) is 2. The van der Waals surface area contributed by atoms with Crippen molar-refractivity contribution >= 4 is 0 Å². The van der Waals surface area contributed by atoms with E-state index in [9.17, 15) is 0 Å². The van der Waals surface area contributed by atoms with Crippen LogP contribution >= 0.6 is 0 Å². The first kappa shape index (κ1) is 14.5. The normalized spacial score (nSPS) is 28.8. The average Bonchev–Trinajstić information content (AvgIpc) is 2.40. The van der Waals surface area contributed by atoms with E-state index in [0.717, 1.165) is 19.6 Å². The Hall–Kier alpha value is -0.930. The van der Waals surface area contributed by atoms with Gasteiger partial charge in [0.1, 0.15) is 0 Å². The van der Waals surface area contributed by atoms with Crippen molar-refractivity contribution in [3.63, 3.8) is 0 Å². The lowest BCUT2D eigenvalue weighted by molar-refractivity contribution is 0.0538. The third kappa shape index (κ3) is 3.54. The van der Waals surface area contributed by atoms with Crippen molar-refractivity contribution < 1.29 is 0 Å². The fourth-order valence-electron chi connectivity index (χ4n) is 2.89. The largest absolute Gasteiger partial charge is 0.309 e. The van der Waals surface area contributed by atoms with Crippen LogP contribution in [0.1, 0.15) is 39.7 Å². The average molecular weight is 261 g/mol. The predicted octanol–water partition coefficient (Wildman–Crippen LogP) is 2.68. The molecule has 1 saturated heterocycles. The molecule has 1 aliphatic rings. The van der Waals surface area contributed by atoms with Crippen molar-refractivity contribution in [2.75, 3.05) is 13.1 Å². The maximum atomic E-state index is 4.23. The number of hydrogen-bond donors (Lipinski definition) is 1. The van der Waals surface area contributed by atoms with Crippen LogP contribution in [0, 0.1) is 5.92 Å². The molecule has 3 nitrogen and oxygen atoms in total. The Morgan fingerprint density at radius 1 is 1.53 bits per heavy atom. The lowest BCUT2D eigenvalue weighted by Gasteiger charge is -2.47. The second-order valence-corrected chi connectivity index (χ2v) is 6.37. The monoisotopic (exact) mass is 261 g/mol. The summed E-state index contributed by atoms with van der Waals surface area (Å²) >= 11 is 0. The van der Waals surface area contributed by atoms with Crippen molar-refractivity contribution in [2.24, 2.45) is 5.92 Å². The summed E-state index contributed by atoms with van der Waals surface area (Å²) in [6, 6.07) is 4.82. The van der Waals surface area contributed by atoms with Gasteiger partial charge in [0.2, 0.25) is 0 Å². The molecule has 1 aromatic rings. The summed E-state index contributed by atoms with van der Waals surface area (Å²) < 4.78 is 0. The summed E-state index contributed by atoms with van der Waals surface area (Å²) in [6.07, 6.45) is 5.00. The van der Waals surface area contributed by atoms with E-state index in [1.54, 1.807) is 0 Å². The lowest BCUT2D eigenvalue weighted by atomic mass is 9.89. The highest BCUT2D eigenvalue weighted by molar-refractivity contribution is 5.09. The standard InChI is InChI=1S/C16H27N3/c1-5-16(4)12-19(15(10-18-16)13(2)3)11-14-7-6-8-17-9-14/h6-9,13,15,18H,5,10-12H2,1-4H3.